The maximum atomic E-state index is 11.9. The van der Waals surface area contributed by atoms with E-state index >= 15 is 0 Å². The van der Waals surface area contributed by atoms with E-state index in [0.29, 0.717) is 12.2 Å². The second-order valence-electron chi connectivity index (χ2n) is 4.32. The summed E-state index contributed by atoms with van der Waals surface area (Å²) in [6.45, 7) is 1.82. The van der Waals surface area contributed by atoms with Crippen LogP contribution in [0.25, 0.3) is 0 Å². The molecule has 15 heavy (non-hydrogen) atoms. The van der Waals surface area contributed by atoms with Crippen LogP contribution in [0.15, 0.2) is 0 Å². The van der Waals surface area contributed by atoms with Gasteiger partial charge < -0.3 is 5.11 Å². The van der Waals surface area contributed by atoms with E-state index in [1.807, 2.05) is 6.92 Å². The molecule has 1 N–H and O–H groups in total. The molecule has 0 aromatic carbocycles. The van der Waals surface area contributed by atoms with Crippen LogP contribution in [0, 0.1) is 17.8 Å². The lowest BCUT2D eigenvalue weighted by Gasteiger charge is -2.28. The largest absolute Gasteiger partial charge is 0.481 e. The normalized spacial score (nSPS) is 28.4. The number of hydrogen-bond donors (Lipinski definition) is 2. The van der Waals surface area contributed by atoms with Crippen molar-refractivity contribution < 1.29 is 14.7 Å². The Labute approximate surface area is 95.7 Å². The average molecular weight is 230 g/mol. The standard InChI is InChI=1S/C11H18O3S/c1-7(6-15)10(12)8-4-2-3-5-9(8)11(13)14/h7-9,15H,2-6H2,1H3,(H,13,14)/t7?,8-,9-/m1/s1. The van der Waals surface area contributed by atoms with E-state index in [-0.39, 0.29) is 17.6 Å². The minimum atomic E-state index is -0.820. The summed E-state index contributed by atoms with van der Waals surface area (Å²) in [5, 5.41) is 9.04. The van der Waals surface area contributed by atoms with Gasteiger partial charge in [-0.3, -0.25) is 9.59 Å². The van der Waals surface area contributed by atoms with Crippen LogP contribution in [-0.4, -0.2) is 22.6 Å². The monoisotopic (exact) mass is 230 g/mol. The first kappa shape index (κ1) is 12.6. The molecule has 1 saturated carbocycles. The van der Waals surface area contributed by atoms with Crippen molar-refractivity contribution in [3.05, 3.63) is 0 Å². The van der Waals surface area contributed by atoms with E-state index in [4.69, 9.17) is 5.11 Å². The fourth-order valence-electron chi connectivity index (χ4n) is 2.22. The van der Waals surface area contributed by atoms with Gasteiger partial charge in [-0.05, 0) is 18.6 Å². The van der Waals surface area contributed by atoms with Gasteiger partial charge in [0.05, 0.1) is 5.92 Å². The first-order valence-electron chi connectivity index (χ1n) is 5.45. The number of carbonyl (C=O) groups excluding carboxylic acids is 1. The van der Waals surface area contributed by atoms with Gasteiger partial charge in [-0.2, -0.15) is 12.6 Å². The van der Waals surface area contributed by atoms with Crippen LogP contribution in [0.4, 0.5) is 0 Å². The molecule has 3 atom stereocenters. The highest BCUT2D eigenvalue weighted by atomic mass is 32.1. The highest BCUT2D eigenvalue weighted by Gasteiger charge is 2.36. The number of ketones is 1. The smallest absolute Gasteiger partial charge is 0.307 e. The van der Waals surface area contributed by atoms with Crippen LogP contribution in [0.2, 0.25) is 0 Å². The average Bonchev–Trinajstić information content (AvgIpc) is 2.27. The molecule has 0 aromatic heterocycles. The van der Waals surface area contributed by atoms with Crippen molar-refractivity contribution in [1.29, 1.82) is 0 Å². The Morgan fingerprint density at radius 2 is 1.87 bits per heavy atom. The lowest BCUT2D eigenvalue weighted by Crippen LogP contribution is -2.35. The van der Waals surface area contributed by atoms with E-state index in [1.54, 1.807) is 0 Å². The summed E-state index contributed by atoms with van der Waals surface area (Å²) < 4.78 is 0. The Balaban J connectivity index is 2.71. The van der Waals surface area contributed by atoms with E-state index in [9.17, 15) is 9.59 Å². The zero-order valence-corrected chi connectivity index (χ0v) is 9.87. The molecule has 86 valence electrons. The molecule has 1 aliphatic carbocycles. The van der Waals surface area contributed by atoms with Gasteiger partial charge in [-0.1, -0.05) is 19.8 Å². The summed E-state index contributed by atoms with van der Waals surface area (Å²) in [5.74, 6) is -1.11. The van der Waals surface area contributed by atoms with Crippen molar-refractivity contribution in [1.82, 2.24) is 0 Å². The molecular formula is C11H18O3S. The number of carbonyl (C=O) groups is 2. The summed E-state index contributed by atoms with van der Waals surface area (Å²) in [6, 6.07) is 0. The minimum Gasteiger partial charge on any atom is -0.481 e. The van der Waals surface area contributed by atoms with E-state index < -0.39 is 11.9 Å². The Kier molecular flexibility index (Phi) is 4.64. The number of hydrogen-bond acceptors (Lipinski definition) is 3. The topological polar surface area (TPSA) is 54.4 Å². The maximum absolute atomic E-state index is 11.9. The highest BCUT2D eigenvalue weighted by Crippen LogP contribution is 2.32. The number of carboxylic acids is 1. The molecule has 0 radical (unpaired) electrons. The van der Waals surface area contributed by atoms with Crippen LogP contribution in [-0.2, 0) is 9.59 Å². The van der Waals surface area contributed by atoms with Crippen LogP contribution < -0.4 is 0 Å². The molecule has 0 saturated heterocycles. The minimum absolute atomic E-state index is 0.0806. The van der Waals surface area contributed by atoms with Gasteiger partial charge in [0.25, 0.3) is 0 Å². The summed E-state index contributed by atoms with van der Waals surface area (Å²) in [5.41, 5.74) is 0. The number of rotatable bonds is 4. The van der Waals surface area contributed by atoms with Gasteiger partial charge in [0.1, 0.15) is 5.78 Å². The van der Waals surface area contributed by atoms with Crippen molar-refractivity contribution in [3.63, 3.8) is 0 Å². The molecular weight excluding hydrogens is 212 g/mol. The van der Waals surface area contributed by atoms with Gasteiger partial charge in [0, 0.05) is 11.8 Å². The van der Waals surface area contributed by atoms with E-state index in [1.165, 1.54) is 0 Å². The van der Waals surface area contributed by atoms with Crippen molar-refractivity contribution in [3.8, 4) is 0 Å². The second kappa shape index (κ2) is 5.54. The zero-order valence-electron chi connectivity index (χ0n) is 8.98. The number of thiol groups is 1. The first-order chi connectivity index (χ1) is 7.07. The van der Waals surface area contributed by atoms with Crippen molar-refractivity contribution >= 4 is 24.4 Å². The predicted octanol–water partition coefficient (Wildman–Crippen LogP) is 2.01. The molecule has 4 heteroatoms. The third-order valence-electron chi connectivity index (χ3n) is 3.21. The van der Waals surface area contributed by atoms with Crippen molar-refractivity contribution in [2.45, 2.75) is 32.6 Å². The quantitative estimate of drug-likeness (QED) is 0.726. The molecule has 0 heterocycles. The molecule has 0 spiro atoms. The van der Waals surface area contributed by atoms with Gasteiger partial charge in [0.15, 0.2) is 0 Å². The van der Waals surface area contributed by atoms with Crippen LogP contribution in [0.1, 0.15) is 32.6 Å². The maximum Gasteiger partial charge on any atom is 0.307 e. The Morgan fingerprint density at radius 3 is 2.33 bits per heavy atom. The number of carboxylic acid groups (broad SMARTS) is 1. The molecule has 1 aliphatic rings. The third-order valence-corrected chi connectivity index (χ3v) is 3.76. The fraction of sp³-hybridized carbons (Fsp3) is 0.818. The summed E-state index contributed by atoms with van der Waals surface area (Å²) in [4.78, 5) is 22.9. The van der Waals surface area contributed by atoms with Gasteiger partial charge in [-0.15, -0.1) is 0 Å². The number of aliphatic carboxylic acids is 1. The third kappa shape index (κ3) is 2.97. The Morgan fingerprint density at radius 1 is 1.33 bits per heavy atom. The molecule has 0 aromatic rings. The highest BCUT2D eigenvalue weighted by molar-refractivity contribution is 7.80. The molecule has 0 amide bonds. The Bertz CT molecular complexity index is 252. The molecule has 3 nitrogen and oxygen atoms in total. The molecule has 1 unspecified atom stereocenters. The van der Waals surface area contributed by atoms with Crippen molar-refractivity contribution in [2.75, 3.05) is 5.75 Å². The SMILES string of the molecule is CC(CS)C(=O)[C@@H]1CCCC[C@H]1C(=O)O. The Hall–Kier alpha value is -0.510. The van der Waals surface area contributed by atoms with Crippen LogP contribution in [0.3, 0.4) is 0 Å². The first-order valence-corrected chi connectivity index (χ1v) is 6.08. The summed E-state index contributed by atoms with van der Waals surface area (Å²) in [6.07, 6.45) is 3.27. The second-order valence-corrected chi connectivity index (χ2v) is 4.69. The molecule has 0 bridgehead atoms. The number of Topliss-reactive ketones (excluding diaryl/α,β-unsaturated/α-hetero) is 1. The van der Waals surface area contributed by atoms with E-state index in [2.05, 4.69) is 12.6 Å². The lowest BCUT2D eigenvalue weighted by atomic mass is 9.74. The molecule has 0 aliphatic heterocycles. The lowest BCUT2D eigenvalue weighted by molar-refractivity contribution is -0.149. The van der Waals surface area contributed by atoms with Gasteiger partial charge >= 0.3 is 5.97 Å². The molecule has 1 fully saturated rings. The van der Waals surface area contributed by atoms with Gasteiger partial charge in [0.2, 0.25) is 0 Å². The predicted molar refractivity (Wildman–Crippen MR) is 61.1 cm³/mol. The zero-order chi connectivity index (χ0) is 11.4. The summed E-state index contributed by atoms with van der Waals surface area (Å²) in [7, 11) is 0. The molecule has 1 rings (SSSR count). The van der Waals surface area contributed by atoms with E-state index in [0.717, 1.165) is 19.3 Å². The van der Waals surface area contributed by atoms with Crippen molar-refractivity contribution in [2.24, 2.45) is 17.8 Å². The van der Waals surface area contributed by atoms with Crippen LogP contribution >= 0.6 is 12.6 Å². The van der Waals surface area contributed by atoms with Crippen LogP contribution in [0.5, 0.6) is 0 Å². The fourth-order valence-corrected chi connectivity index (χ4v) is 2.40. The summed E-state index contributed by atoms with van der Waals surface area (Å²) >= 11 is 4.09. The van der Waals surface area contributed by atoms with Gasteiger partial charge in [-0.25, -0.2) is 0 Å².